The summed E-state index contributed by atoms with van der Waals surface area (Å²) in [5.74, 6) is -0.371. The minimum Gasteiger partial charge on any atom is -0.367 e. The Kier molecular flexibility index (Phi) is 5.65. The Morgan fingerprint density at radius 3 is 2.21 bits per heavy atom. The van der Waals surface area contributed by atoms with Gasteiger partial charge in [0.1, 0.15) is 6.10 Å². The zero-order valence-electron chi connectivity index (χ0n) is 14.0. The highest BCUT2D eigenvalue weighted by Crippen LogP contribution is 2.38. The van der Waals surface area contributed by atoms with Crippen LogP contribution in [0.3, 0.4) is 0 Å². The van der Waals surface area contributed by atoms with Crippen LogP contribution >= 0.6 is 0 Å². The van der Waals surface area contributed by atoms with Crippen LogP contribution in [0, 0.1) is 0 Å². The van der Waals surface area contributed by atoms with Crippen molar-refractivity contribution in [2.45, 2.75) is 50.7 Å². The second kappa shape index (κ2) is 8.11. The molecule has 1 saturated heterocycles. The van der Waals surface area contributed by atoms with Crippen molar-refractivity contribution in [1.29, 1.82) is 0 Å². The molecule has 3 nitrogen and oxygen atoms in total. The molecule has 2 aromatic carbocycles. The Morgan fingerprint density at radius 2 is 1.54 bits per heavy atom. The summed E-state index contributed by atoms with van der Waals surface area (Å²) >= 11 is 0. The molecular formula is C21H25NO2. The number of carbonyl (C=O) groups excluding carboxylic acids is 1. The van der Waals surface area contributed by atoms with Crippen LogP contribution in [0.25, 0.3) is 0 Å². The summed E-state index contributed by atoms with van der Waals surface area (Å²) in [4.78, 5) is 11.1. The van der Waals surface area contributed by atoms with Gasteiger partial charge in [-0.2, -0.15) is 0 Å². The average Bonchev–Trinajstić information content (AvgIpc) is 3.40. The molecule has 1 aliphatic rings. The van der Waals surface area contributed by atoms with Crippen molar-refractivity contribution in [2.24, 2.45) is 5.73 Å². The smallest absolute Gasteiger partial charge is 0.249 e. The van der Waals surface area contributed by atoms with E-state index >= 15 is 0 Å². The number of nitrogens with two attached hydrogens (primary N) is 1. The molecule has 1 amide bonds. The van der Waals surface area contributed by atoms with Crippen molar-refractivity contribution >= 4 is 5.91 Å². The Hall–Kier alpha value is -2.13. The molecule has 0 spiro atoms. The molecule has 2 aromatic rings. The number of epoxide rings is 1. The molecule has 0 radical (unpaired) electrons. The van der Waals surface area contributed by atoms with E-state index in [4.69, 9.17) is 10.5 Å². The number of primary amides is 1. The molecule has 3 rings (SSSR count). The first-order valence-electron chi connectivity index (χ1n) is 8.81. The van der Waals surface area contributed by atoms with E-state index in [-0.39, 0.29) is 12.0 Å². The predicted octanol–water partition coefficient (Wildman–Crippen LogP) is 3.96. The highest BCUT2D eigenvalue weighted by Gasteiger charge is 2.44. The first kappa shape index (κ1) is 16.7. The highest BCUT2D eigenvalue weighted by atomic mass is 16.6. The lowest BCUT2D eigenvalue weighted by Crippen LogP contribution is -2.18. The van der Waals surface area contributed by atoms with Gasteiger partial charge < -0.3 is 10.5 Å². The number of unbranched alkanes of at least 4 members (excludes halogenated alkanes) is 3. The van der Waals surface area contributed by atoms with Crippen molar-refractivity contribution in [3.63, 3.8) is 0 Å². The lowest BCUT2D eigenvalue weighted by Gasteiger charge is -2.05. The minimum absolute atomic E-state index is 0.131. The fraction of sp³-hybridized carbons (Fsp3) is 0.381. The number of hydrogen-bond acceptors (Lipinski definition) is 2. The maximum atomic E-state index is 11.1. The van der Waals surface area contributed by atoms with Gasteiger partial charge in [0.05, 0.1) is 0 Å². The van der Waals surface area contributed by atoms with E-state index in [1.807, 2.05) is 12.1 Å². The summed E-state index contributed by atoms with van der Waals surface area (Å²) in [6, 6.07) is 19.0. The highest BCUT2D eigenvalue weighted by molar-refractivity contribution is 5.82. The van der Waals surface area contributed by atoms with Crippen LogP contribution in [0.1, 0.15) is 48.5 Å². The average molecular weight is 323 g/mol. The van der Waals surface area contributed by atoms with Crippen LogP contribution < -0.4 is 5.73 Å². The molecule has 3 heteroatoms. The third-order valence-electron chi connectivity index (χ3n) is 4.58. The van der Waals surface area contributed by atoms with Gasteiger partial charge in [0.2, 0.25) is 5.91 Å². The summed E-state index contributed by atoms with van der Waals surface area (Å²) in [5.41, 5.74) is 9.08. The molecule has 1 aliphatic heterocycles. The summed E-state index contributed by atoms with van der Waals surface area (Å²) in [6.07, 6.45) is 6.65. The second-order valence-corrected chi connectivity index (χ2v) is 6.52. The van der Waals surface area contributed by atoms with E-state index < -0.39 is 6.10 Å². The second-order valence-electron chi connectivity index (χ2n) is 6.52. The molecule has 0 aromatic heterocycles. The summed E-state index contributed by atoms with van der Waals surface area (Å²) in [7, 11) is 0. The monoisotopic (exact) mass is 323 g/mol. The van der Waals surface area contributed by atoms with Crippen molar-refractivity contribution in [3.8, 4) is 0 Å². The van der Waals surface area contributed by atoms with Gasteiger partial charge in [0.15, 0.2) is 6.10 Å². The number of hydrogen-bond donors (Lipinski definition) is 1. The first-order chi connectivity index (χ1) is 11.7. The Bertz CT molecular complexity index is 669. The van der Waals surface area contributed by atoms with Crippen LogP contribution in [0.2, 0.25) is 0 Å². The van der Waals surface area contributed by atoms with E-state index in [1.165, 1.54) is 43.2 Å². The van der Waals surface area contributed by atoms with Crippen LogP contribution in [0.4, 0.5) is 0 Å². The normalized spacial score (nSPS) is 19.2. The van der Waals surface area contributed by atoms with E-state index in [1.54, 1.807) is 0 Å². The third kappa shape index (κ3) is 4.68. The molecule has 126 valence electrons. The summed E-state index contributed by atoms with van der Waals surface area (Å²) in [6.45, 7) is 0. The van der Waals surface area contributed by atoms with Crippen LogP contribution in [0.5, 0.6) is 0 Å². The van der Waals surface area contributed by atoms with E-state index in [0.717, 1.165) is 12.0 Å². The van der Waals surface area contributed by atoms with Crippen molar-refractivity contribution in [1.82, 2.24) is 0 Å². The van der Waals surface area contributed by atoms with Crippen molar-refractivity contribution < 1.29 is 9.53 Å². The molecule has 0 aliphatic carbocycles. The van der Waals surface area contributed by atoms with Gasteiger partial charge in [-0.25, -0.2) is 0 Å². The van der Waals surface area contributed by atoms with Gasteiger partial charge in [0.25, 0.3) is 0 Å². The molecule has 2 atom stereocenters. The Morgan fingerprint density at radius 1 is 0.875 bits per heavy atom. The molecule has 1 fully saturated rings. The molecular weight excluding hydrogens is 298 g/mol. The van der Waals surface area contributed by atoms with E-state index in [2.05, 4.69) is 42.5 Å². The molecule has 2 unspecified atom stereocenters. The Labute approximate surface area is 143 Å². The van der Waals surface area contributed by atoms with Gasteiger partial charge in [-0.3, -0.25) is 4.79 Å². The summed E-state index contributed by atoms with van der Waals surface area (Å²) < 4.78 is 5.34. The molecule has 2 N–H and O–H groups in total. The predicted molar refractivity (Wildman–Crippen MR) is 95.6 cm³/mol. The number of carbonyl (C=O) groups is 1. The van der Waals surface area contributed by atoms with Gasteiger partial charge in [-0.05, 0) is 42.4 Å². The number of aryl methyl sites for hydroxylation is 2. The zero-order valence-corrected chi connectivity index (χ0v) is 14.0. The van der Waals surface area contributed by atoms with Crippen molar-refractivity contribution in [3.05, 3.63) is 71.3 Å². The third-order valence-corrected chi connectivity index (χ3v) is 4.58. The first-order valence-corrected chi connectivity index (χ1v) is 8.81. The molecule has 0 bridgehead atoms. The summed E-state index contributed by atoms with van der Waals surface area (Å²) in [5, 5.41) is 0. The zero-order chi connectivity index (χ0) is 16.8. The van der Waals surface area contributed by atoms with E-state index in [0.29, 0.717) is 0 Å². The minimum atomic E-state index is -0.432. The van der Waals surface area contributed by atoms with Gasteiger partial charge in [0, 0.05) is 0 Å². The number of rotatable bonds is 9. The SMILES string of the molecule is NC(=O)C1OC1c1cccc(CCCCCCc2ccccc2)c1. The molecule has 24 heavy (non-hydrogen) atoms. The van der Waals surface area contributed by atoms with Crippen LogP contribution in [-0.2, 0) is 22.4 Å². The van der Waals surface area contributed by atoms with Gasteiger partial charge in [-0.1, -0.05) is 67.4 Å². The van der Waals surface area contributed by atoms with Crippen LogP contribution in [-0.4, -0.2) is 12.0 Å². The standard InChI is InChI=1S/C21H25NO2/c22-21(23)20-19(24-20)18-14-8-13-17(15-18)12-5-2-1-4-9-16-10-6-3-7-11-16/h3,6-8,10-11,13-15,19-20H,1-2,4-5,9,12H2,(H2,22,23). The van der Waals surface area contributed by atoms with Gasteiger partial charge in [-0.15, -0.1) is 0 Å². The lowest BCUT2D eigenvalue weighted by molar-refractivity contribution is -0.119. The molecule has 0 saturated carbocycles. The Balaban J connectivity index is 1.36. The fourth-order valence-electron chi connectivity index (χ4n) is 3.16. The lowest BCUT2D eigenvalue weighted by atomic mass is 10.0. The topological polar surface area (TPSA) is 55.6 Å². The van der Waals surface area contributed by atoms with Gasteiger partial charge >= 0.3 is 0 Å². The van der Waals surface area contributed by atoms with Crippen molar-refractivity contribution in [2.75, 3.05) is 0 Å². The molecule has 1 heterocycles. The maximum absolute atomic E-state index is 11.1. The van der Waals surface area contributed by atoms with Crippen LogP contribution in [0.15, 0.2) is 54.6 Å². The number of benzene rings is 2. The maximum Gasteiger partial charge on any atom is 0.249 e. The quantitative estimate of drug-likeness (QED) is 0.561. The fourth-order valence-corrected chi connectivity index (χ4v) is 3.16. The number of amides is 1. The largest absolute Gasteiger partial charge is 0.367 e. The van der Waals surface area contributed by atoms with E-state index in [9.17, 15) is 4.79 Å². The number of ether oxygens (including phenoxy) is 1.